The van der Waals surface area contributed by atoms with E-state index in [2.05, 4.69) is 15.5 Å². The molecule has 1 aliphatic rings. The van der Waals surface area contributed by atoms with Crippen LogP contribution in [-0.2, 0) is 9.59 Å². The molecule has 3 aromatic rings. The Morgan fingerprint density at radius 1 is 1.12 bits per heavy atom. The number of carbonyl (C=O) groups excluding carboxylic acids is 2. The van der Waals surface area contributed by atoms with Crippen LogP contribution in [0.25, 0.3) is 0 Å². The number of ether oxygens (including phenoxy) is 3. The minimum absolute atomic E-state index is 0.128. The Hall–Kier alpha value is -3.31. The molecule has 2 amide bonds. The first-order chi connectivity index (χ1) is 16.4. The van der Waals surface area contributed by atoms with Crippen molar-refractivity contribution in [2.75, 3.05) is 38.1 Å². The number of para-hydroxylation sites is 1. The molecule has 0 saturated carbocycles. The van der Waals surface area contributed by atoms with Gasteiger partial charge in [-0.05, 0) is 36.8 Å². The van der Waals surface area contributed by atoms with Gasteiger partial charge in [-0.2, -0.15) is 0 Å². The minimum atomic E-state index is -0.337. The van der Waals surface area contributed by atoms with E-state index >= 15 is 0 Å². The number of aromatic nitrogens is 2. The van der Waals surface area contributed by atoms with Crippen LogP contribution in [0.5, 0.6) is 17.2 Å². The number of aryl methyl sites for hydroxylation is 1. The van der Waals surface area contributed by atoms with E-state index in [-0.39, 0.29) is 30.0 Å². The predicted octanol–water partition coefficient (Wildman–Crippen LogP) is 4.08. The summed E-state index contributed by atoms with van der Waals surface area (Å²) in [5.74, 6) is 1.02. The molecule has 0 aliphatic carbocycles. The lowest BCUT2D eigenvalue weighted by molar-refractivity contribution is -0.121. The van der Waals surface area contributed by atoms with E-state index < -0.39 is 0 Å². The van der Waals surface area contributed by atoms with Crippen molar-refractivity contribution in [3.63, 3.8) is 0 Å². The second-order valence-electron chi connectivity index (χ2n) is 7.39. The molecule has 1 aromatic heterocycles. The Kier molecular flexibility index (Phi) is 7.23. The first kappa shape index (κ1) is 23.8. The Bertz CT molecular complexity index is 1190. The van der Waals surface area contributed by atoms with Gasteiger partial charge in [0.2, 0.25) is 22.7 Å². The number of hydrogen-bond donors (Lipinski definition) is 1. The van der Waals surface area contributed by atoms with E-state index in [0.29, 0.717) is 28.1 Å². The van der Waals surface area contributed by atoms with E-state index in [0.717, 1.165) is 15.5 Å². The van der Waals surface area contributed by atoms with E-state index in [1.807, 2.05) is 43.3 Å². The molecule has 11 heteroatoms. The van der Waals surface area contributed by atoms with Gasteiger partial charge in [0, 0.05) is 16.6 Å². The van der Waals surface area contributed by atoms with Crippen molar-refractivity contribution in [1.29, 1.82) is 0 Å². The van der Waals surface area contributed by atoms with Crippen LogP contribution in [0.2, 0.25) is 0 Å². The van der Waals surface area contributed by atoms with E-state index in [1.165, 1.54) is 16.2 Å². The maximum absolute atomic E-state index is 13.4. The number of nitrogens with one attached hydrogen (secondary N) is 1. The molecule has 34 heavy (non-hydrogen) atoms. The predicted molar refractivity (Wildman–Crippen MR) is 131 cm³/mol. The number of fused-ring (bicyclic) bond motifs is 1. The molecule has 178 valence electrons. The van der Waals surface area contributed by atoms with Crippen molar-refractivity contribution in [1.82, 2.24) is 10.2 Å². The molecular weight excluding hydrogens is 476 g/mol. The minimum Gasteiger partial charge on any atom is -0.493 e. The number of carbonyl (C=O) groups is 2. The summed E-state index contributed by atoms with van der Waals surface area (Å²) >= 11 is 2.84. The lowest BCUT2D eigenvalue weighted by Crippen LogP contribution is -2.38. The molecule has 0 bridgehead atoms. The highest BCUT2D eigenvalue weighted by Crippen LogP contribution is 2.49. The van der Waals surface area contributed by atoms with Crippen LogP contribution in [0.3, 0.4) is 0 Å². The molecule has 0 radical (unpaired) electrons. The maximum atomic E-state index is 13.4. The molecule has 9 nitrogen and oxygen atoms in total. The third-order valence-corrected chi connectivity index (χ3v) is 7.30. The van der Waals surface area contributed by atoms with Crippen LogP contribution in [0, 0.1) is 6.92 Å². The monoisotopic (exact) mass is 500 g/mol. The largest absolute Gasteiger partial charge is 0.493 e. The van der Waals surface area contributed by atoms with Crippen LogP contribution >= 0.6 is 23.1 Å². The van der Waals surface area contributed by atoms with Crippen molar-refractivity contribution >= 4 is 45.7 Å². The van der Waals surface area contributed by atoms with Crippen LogP contribution in [0.1, 0.15) is 22.2 Å². The SMILES string of the molecule is COc1cc(C2CC(=O)N(CC(=O)Nc3nnc(C)s3)c3ccccc3S2)cc(OC)c1OC. The number of rotatable bonds is 7. The Morgan fingerprint density at radius 2 is 1.82 bits per heavy atom. The molecule has 0 fully saturated rings. The fourth-order valence-electron chi connectivity index (χ4n) is 3.67. The van der Waals surface area contributed by atoms with Gasteiger partial charge >= 0.3 is 0 Å². The zero-order valence-electron chi connectivity index (χ0n) is 19.2. The molecule has 1 N–H and O–H groups in total. The van der Waals surface area contributed by atoms with Gasteiger partial charge in [-0.3, -0.25) is 14.9 Å². The number of anilines is 2. The van der Waals surface area contributed by atoms with Crippen molar-refractivity contribution in [3.05, 3.63) is 47.0 Å². The second-order valence-corrected chi connectivity index (χ2v) is 9.82. The van der Waals surface area contributed by atoms with Crippen molar-refractivity contribution in [2.45, 2.75) is 23.5 Å². The zero-order valence-corrected chi connectivity index (χ0v) is 20.8. The van der Waals surface area contributed by atoms with Crippen molar-refractivity contribution in [3.8, 4) is 17.2 Å². The van der Waals surface area contributed by atoms with Crippen molar-refractivity contribution < 1.29 is 23.8 Å². The third-order valence-electron chi connectivity index (χ3n) is 5.22. The van der Waals surface area contributed by atoms with E-state index in [4.69, 9.17) is 14.2 Å². The van der Waals surface area contributed by atoms with Crippen LogP contribution in [0.15, 0.2) is 41.3 Å². The summed E-state index contributed by atoms with van der Waals surface area (Å²) in [4.78, 5) is 28.5. The number of methoxy groups -OCH3 is 3. The summed E-state index contributed by atoms with van der Waals surface area (Å²) in [7, 11) is 4.66. The quantitative estimate of drug-likeness (QED) is 0.518. The molecule has 0 spiro atoms. The number of nitrogens with zero attached hydrogens (tertiary/aromatic N) is 3. The standard InChI is InChI=1S/C23H24N4O5S2/c1-13-25-26-23(33-13)24-20(28)12-27-15-7-5-6-8-18(15)34-19(11-21(27)29)14-9-16(30-2)22(32-4)17(10-14)31-3/h5-10,19H,11-12H2,1-4H3,(H,24,26,28). The topological polar surface area (TPSA) is 103 Å². The molecule has 1 atom stereocenters. The fourth-order valence-corrected chi connectivity index (χ4v) is 5.54. The molecule has 2 heterocycles. The van der Waals surface area contributed by atoms with Gasteiger partial charge in [0.1, 0.15) is 11.6 Å². The van der Waals surface area contributed by atoms with Crippen LogP contribution in [-0.4, -0.2) is 49.9 Å². The summed E-state index contributed by atoms with van der Waals surface area (Å²) in [5, 5.41) is 11.5. The van der Waals surface area contributed by atoms with Gasteiger partial charge in [-0.1, -0.05) is 23.5 Å². The molecule has 2 aromatic carbocycles. The highest BCUT2D eigenvalue weighted by atomic mass is 32.2. The number of amides is 2. The second kappa shape index (κ2) is 10.3. The van der Waals surface area contributed by atoms with Gasteiger partial charge < -0.3 is 19.1 Å². The Morgan fingerprint density at radius 3 is 2.44 bits per heavy atom. The first-order valence-corrected chi connectivity index (χ1v) is 12.1. The zero-order chi connectivity index (χ0) is 24.2. The summed E-state index contributed by atoms with van der Waals surface area (Å²) < 4.78 is 16.4. The normalized spacial score (nSPS) is 15.4. The molecule has 1 unspecified atom stereocenters. The molecular formula is C23H24N4O5S2. The van der Waals surface area contributed by atoms with Gasteiger partial charge in [-0.25, -0.2) is 0 Å². The first-order valence-electron chi connectivity index (χ1n) is 10.4. The number of hydrogen-bond acceptors (Lipinski definition) is 9. The third kappa shape index (κ3) is 4.95. The van der Waals surface area contributed by atoms with Gasteiger partial charge in [0.25, 0.3) is 0 Å². The lowest BCUT2D eigenvalue weighted by Gasteiger charge is -2.21. The Balaban J connectivity index is 1.64. The summed E-state index contributed by atoms with van der Waals surface area (Å²) in [6, 6.07) is 11.3. The van der Waals surface area contributed by atoms with E-state index in [9.17, 15) is 9.59 Å². The smallest absolute Gasteiger partial charge is 0.246 e. The van der Waals surface area contributed by atoms with Crippen LogP contribution in [0.4, 0.5) is 10.8 Å². The summed E-state index contributed by atoms with van der Waals surface area (Å²) in [6.45, 7) is 1.68. The molecule has 1 aliphatic heterocycles. The summed E-state index contributed by atoms with van der Waals surface area (Å²) in [5.41, 5.74) is 1.55. The van der Waals surface area contributed by atoms with Gasteiger partial charge in [0.15, 0.2) is 11.5 Å². The highest BCUT2D eigenvalue weighted by molar-refractivity contribution is 7.99. The average Bonchev–Trinajstić information content (AvgIpc) is 3.19. The number of benzene rings is 2. The molecule has 4 rings (SSSR count). The highest BCUT2D eigenvalue weighted by Gasteiger charge is 2.31. The maximum Gasteiger partial charge on any atom is 0.246 e. The van der Waals surface area contributed by atoms with E-state index in [1.54, 1.807) is 33.1 Å². The summed E-state index contributed by atoms with van der Waals surface area (Å²) in [6.07, 6.45) is 0.184. The van der Waals surface area contributed by atoms with Crippen LogP contribution < -0.4 is 24.4 Å². The number of thioether (sulfide) groups is 1. The average molecular weight is 501 g/mol. The van der Waals surface area contributed by atoms with Crippen molar-refractivity contribution in [2.24, 2.45) is 0 Å². The fraction of sp³-hybridized carbons (Fsp3) is 0.304. The van der Waals surface area contributed by atoms with Gasteiger partial charge in [-0.15, -0.1) is 22.0 Å². The molecule has 0 saturated heterocycles. The van der Waals surface area contributed by atoms with Gasteiger partial charge in [0.05, 0.1) is 27.0 Å². The Labute approximate surface area is 205 Å². The lowest BCUT2D eigenvalue weighted by atomic mass is 10.1.